The lowest BCUT2D eigenvalue weighted by Gasteiger charge is -2.32. The van der Waals surface area contributed by atoms with E-state index >= 15 is 0 Å². The fourth-order valence-electron chi connectivity index (χ4n) is 2.68. The van der Waals surface area contributed by atoms with Crippen molar-refractivity contribution in [2.45, 2.75) is 83.7 Å². The van der Waals surface area contributed by atoms with Crippen LogP contribution in [-0.2, 0) is 0 Å². The smallest absolute Gasteiger partial charge is 0.0218 e. The van der Waals surface area contributed by atoms with E-state index in [1.54, 1.807) is 0 Å². The summed E-state index contributed by atoms with van der Waals surface area (Å²) in [5.74, 6) is 1.25. The number of nitrogens with zero attached hydrogens (tertiary/aromatic N) is 1. The van der Waals surface area contributed by atoms with Gasteiger partial charge in [-0.05, 0) is 38.8 Å². The minimum absolute atomic E-state index is 0.572. The van der Waals surface area contributed by atoms with Crippen LogP contribution in [0.25, 0.3) is 0 Å². The maximum Gasteiger partial charge on any atom is 0.0218 e. The molecule has 0 radical (unpaired) electrons. The van der Waals surface area contributed by atoms with Crippen molar-refractivity contribution in [2.24, 2.45) is 5.73 Å². The van der Waals surface area contributed by atoms with E-state index in [1.807, 2.05) is 11.8 Å². The van der Waals surface area contributed by atoms with Gasteiger partial charge in [-0.3, -0.25) is 4.90 Å². The Labute approximate surface area is 132 Å². The van der Waals surface area contributed by atoms with Crippen LogP contribution < -0.4 is 5.73 Å². The van der Waals surface area contributed by atoms with E-state index < -0.39 is 0 Å². The Bertz CT molecular complexity index is 199. The van der Waals surface area contributed by atoms with E-state index in [0.29, 0.717) is 12.1 Å². The second-order valence-electron chi connectivity index (χ2n) is 6.10. The highest BCUT2D eigenvalue weighted by Gasteiger charge is 2.17. The third kappa shape index (κ3) is 10.1. The Hall–Kier alpha value is 0.270. The molecule has 2 atom stereocenters. The minimum atomic E-state index is 0.572. The number of nitrogens with two attached hydrogens (primary N) is 1. The van der Waals surface area contributed by atoms with Crippen LogP contribution in [0, 0.1) is 0 Å². The van der Waals surface area contributed by atoms with Gasteiger partial charge >= 0.3 is 0 Å². The molecule has 0 fully saturated rings. The molecule has 0 rings (SSSR count). The highest BCUT2D eigenvalue weighted by atomic mass is 32.2. The molecule has 2 N–H and O–H groups in total. The van der Waals surface area contributed by atoms with Crippen LogP contribution in [-0.4, -0.2) is 42.6 Å². The first-order valence-corrected chi connectivity index (χ1v) is 9.97. The van der Waals surface area contributed by atoms with E-state index in [4.69, 9.17) is 5.73 Å². The van der Waals surface area contributed by atoms with Crippen molar-refractivity contribution in [3.63, 3.8) is 0 Å². The zero-order valence-electron chi connectivity index (χ0n) is 14.4. The molecule has 0 amide bonds. The lowest BCUT2D eigenvalue weighted by molar-refractivity contribution is 0.173. The average molecular weight is 303 g/mol. The highest BCUT2D eigenvalue weighted by Crippen LogP contribution is 2.15. The van der Waals surface area contributed by atoms with Gasteiger partial charge in [0, 0.05) is 18.6 Å². The fourth-order valence-corrected chi connectivity index (χ4v) is 3.25. The number of likely N-dealkylation sites (N-methyl/N-ethyl adjacent to an activating group) is 1. The summed E-state index contributed by atoms with van der Waals surface area (Å²) in [6.07, 6.45) is 14.4. The Morgan fingerprint density at radius 3 is 2.15 bits per heavy atom. The molecule has 20 heavy (non-hydrogen) atoms. The molecule has 2 nitrogen and oxygen atoms in total. The van der Waals surface area contributed by atoms with Crippen LogP contribution >= 0.6 is 11.8 Å². The van der Waals surface area contributed by atoms with Crippen molar-refractivity contribution < 1.29 is 0 Å². The molecular weight excluding hydrogens is 264 g/mol. The van der Waals surface area contributed by atoms with Crippen LogP contribution in [0.2, 0.25) is 0 Å². The van der Waals surface area contributed by atoms with Gasteiger partial charge in [0.25, 0.3) is 0 Å². The maximum atomic E-state index is 5.97. The highest BCUT2D eigenvalue weighted by molar-refractivity contribution is 7.98. The van der Waals surface area contributed by atoms with Gasteiger partial charge < -0.3 is 5.73 Å². The lowest BCUT2D eigenvalue weighted by atomic mass is 10.0. The van der Waals surface area contributed by atoms with Gasteiger partial charge in [-0.15, -0.1) is 0 Å². The van der Waals surface area contributed by atoms with E-state index in [1.165, 1.54) is 63.5 Å². The molecule has 0 bridgehead atoms. The lowest BCUT2D eigenvalue weighted by Crippen LogP contribution is -2.43. The zero-order valence-corrected chi connectivity index (χ0v) is 15.2. The first kappa shape index (κ1) is 20.3. The second-order valence-corrected chi connectivity index (χ2v) is 7.08. The Balaban J connectivity index is 3.73. The monoisotopic (exact) mass is 302 g/mol. The van der Waals surface area contributed by atoms with Gasteiger partial charge in [0.15, 0.2) is 0 Å². The van der Waals surface area contributed by atoms with Crippen LogP contribution in [0.4, 0.5) is 0 Å². The number of hydrogen-bond acceptors (Lipinski definition) is 3. The average Bonchev–Trinajstić information content (AvgIpc) is 2.47. The summed E-state index contributed by atoms with van der Waals surface area (Å²) in [4.78, 5) is 2.51. The van der Waals surface area contributed by atoms with Gasteiger partial charge in [0.2, 0.25) is 0 Å². The van der Waals surface area contributed by atoms with Crippen LogP contribution in [0.1, 0.15) is 71.6 Å². The van der Waals surface area contributed by atoms with Crippen molar-refractivity contribution in [1.29, 1.82) is 0 Å². The fraction of sp³-hybridized carbons (Fsp3) is 1.00. The number of thioether (sulfide) groups is 1. The summed E-state index contributed by atoms with van der Waals surface area (Å²) in [5, 5.41) is 0. The molecule has 122 valence electrons. The van der Waals surface area contributed by atoms with Crippen molar-refractivity contribution in [3.8, 4) is 0 Å². The Morgan fingerprint density at radius 1 is 1.00 bits per heavy atom. The summed E-state index contributed by atoms with van der Waals surface area (Å²) >= 11 is 1.94. The summed E-state index contributed by atoms with van der Waals surface area (Å²) in [6.45, 7) is 5.42. The molecule has 0 aliphatic rings. The van der Waals surface area contributed by atoms with Gasteiger partial charge in [0.1, 0.15) is 0 Å². The molecule has 0 spiro atoms. The number of unbranched alkanes of at least 4 members (excludes halogenated alkanes) is 6. The number of hydrogen-bond donors (Lipinski definition) is 1. The van der Waals surface area contributed by atoms with E-state index in [-0.39, 0.29) is 0 Å². The molecule has 0 saturated heterocycles. The van der Waals surface area contributed by atoms with Crippen molar-refractivity contribution in [2.75, 3.05) is 25.6 Å². The first-order chi connectivity index (χ1) is 9.67. The molecule has 0 aliphatic heterocycles. The minimum Gasteiger partial charge on any atom is -0.329 e. The van der Waals surface area contributed by atoms with Gasteiger partial charge in [0.05, 0.1) is 0 Å². The van der Waals surface area contributed by atoms with E-state index in [9.17, 15) is 0 Å². The predicted octanol–water partition coefficient (Wildman–Crippen LogP) is 4.53. The maximum absolute atomic E-state index is 5.97. The van der Waals surface area contributed by atoms with Crippen molar-refractivity contribution >= 4 is 11.8 Å². The first-order valence-electron chi connectivity index (χ1n) is 8.58. The normalized spacial score (nSPS) is 14.7. The topological polar surface area (TPSA) is 29.3 Å². The number of rotatable bonds is 14. The Morgan fingerprint density at radius 2 is 1.60 bits per heavy atom. The largest absolute Gasteiger partial charge is 0.329 e. The molecule has 3 heteroatoms. The van der Waals surface area contributed by atoms with Crippen molar-refractivity contribution in [1.82, 2.24) is 4.90 Å². The van der Waals surface area contributed by atoms with Gasteiger partial charge in [-0.1, -0.05) is 51.9 Å². The molecule has 2 unspecified atom stereocenters. The van der Waals surface area contributed by atoms with Crippen LogP contribution in [0.5, 0.6) is 0 Å². The van der Waals surface area contributed by atoms with Gasteiger partial charge in [-0.2, -0.15) is 11.8 Å². The van der Waals surface area contributed by atoms with Crippen molar-refractivity contribution in [3.05, 3.63) is 0 Å². The molecule has 0 heterocycles. The standard InChI is InChI=1S/C17H38N2S/c1-5-6-7-8-9-10-11-12-17(15-18)19(3)16(2)13-14-20-4/h16-17H,5-15,18H2,1-4H3. The molecule has 0 saturated carbocycles. The molecule has 0 aromatic heterocycles. The Kier molecular flexibility index (Phi) is 14.4. The predicted molar refractivity (Wildman–Crippen MR) is 95.7 cm³/mol. The third-order valence-electron chi connectivity index (χ3n) is 4.42. The van der Waals surface area contributed by atoms with Crippen LogP contribution in [0.15, 0.2) is 0 Å². The summed E-state index contributed by atoms with van der Waals surface area (Å²) in [6, 6.07) is 1.23. The molecule has 0 aliphatic carbocycles. The van der Waals surface area contributed by atoms with Crippen LogP contribution in [0.3, 0.4) is 0 Å². The molecule has 0 aromatic rings. The van der Waals surface area contributed by atoms with E-state index in [0.717, 1.165) is 6.54 Å². The molecule has 0 aromatic carbocycles. The zero-order chi connectivity index (χ0) is 15.2. The summed E-state index contributed by atoms with van der Waals surface area (Å²) in [5.41, 5.74) is 5.97. The summed E-state index contributed by atoms with van der Waals surface area (Å²) < 4.78 is 0. The second kappa shape index (κ2) is 14.2. The quantitative estimate of drug-likeness (QED) is 0.478. The SMILES string of the molecule is CCCCCCCCCC(CN)N(C)C(C)CCSC. The van der Waals surface area contributed by atoms with Gasteiger partial charge in [-0.25, -0.2) is 0 Å². The molecular formula is C17H38N2S. The summed E-state index contributed by atoms with van der Waals surface area (Å²) in [7, 11) is 2.25. The third-order valence-corrected chi connectivity index (χ3v) is 5.07. The van der Waals surface area contributed by atoms with E-state index in [2.05, 4.69) is 32.1 Å².